The van der Waals surface area contributed by atoms with Gasteiger partial charge in [-0.3, -0.25) is 4.79 Å². The van der Waals surface area contributed by atoms with E-state index in [1.807, 2.05) is 0 Å². The highest BCUT2D eigenvalue weighted by molar-refractivity contribution is 7.89. The van der Waals surface area contributed by atoms with Gasteiger partial charge in [-0.15, -0.1) is 0 Å². The number of rotatable bonds is 6. The van der Waals surface area contributed by atoms with E-state index in [4.69, 9.17) is 4.74 Å². The van der Waals surface area contributed by atoms with Crippen LogP contribution in [0.2, 0.25) is 0 Å². The maximum absolute atomic E-state index is 13.8. The minimum Gasteiger partial charge on any atom is -0.496 e. The molecule has 0 bridgehead atoms. The van der Waals surface area contributed by atoms with E-state index in [2.05, 4.69) is 15.4 Å². The van der Waals surface area contributed by atoms with E-state index in [9.17, 15) is 22.0 Å². The quantitative estimate of drug-likeness (QED) is 0.674. The minimum atomic E-state index is -3.86. The molecule has 0 aliphatic carbocycles. The SMILES string of the molecule is COc1ccc(S(=O)(=O)N[C@H]2CCNC2)cc1C(=O)Nc1ccc(F)cc1F. The standard InChI is InChI=1S/C18H19F2N3O4S/c1-27-17-5-3-13(28(25,26)23-12-6-7-21-10-12)9-14(17)18(24)22-16-4-2-11(19)8-15(16)20/h2-5,8-9,12,21,23H,6-7,10H2,1H3,(H,22,24)/t12-/m0/s1. The zero-order valence-electron chi connectivity index (χ0n) is 15.0. The van der Waals surface area contributed by atoms with Gasteiger partial charge in [0.15, 0.2) is 0 Å². The minimum absolute atomic E-state index is 0.0985. The first kappa shape index (κ1) is 20.2. The number of methoxy groups -OCH3 is 1. The molecule has 2 aromatic rings. The van der Waals surface area contributed by atoms with Crippen molar-refractivity contribution in [3.63, 3.8) is 0 Å². The number of sulfonamides is 1. The Morgan fingerprint density at radius 2 is 2.00 bits per heavy atom. The van der Waals surface area contributed by atoms with Crippen LogP contribution < -0.4 is 20.1 Å². The van der Waals surface area contributed by atoms with Crippen LogP contribution in [0.3, 0.4) is 0 Å². The second kappa shape index (κ2) is 8.21. The number of hydrogen-bond acceptors (Lipinski definition) is 5. The summed E-state index contributed by atoms with van der Waals surface area (Å²) in [6.07, 6.45) is 0.659. The van der Waals surface area contributed by atoms with Gasteiger partial charge in [-0.25, -0.2) is 21.9 Å². The molecule has 1 heterocycles. The molecule has 0 radical (unpaired) electrons. The van der Waals surface area contributed by atoms with E-state index in [0.717, 1.165) is 18.2 Å². The molecule has 10 heteroatoms. The van der Waals surface area contributed by atoms with Gasteiger partial charge in [-0.2, -0.15) is 0 Å². The average molecular weight is 411 g/mol. The van der Waals surface area contributed by atoms with E-state index in [1.54, 1.807) is 0 Å². The van der Waals surface area contributed by atoms with Gasteiger partial charge in [0.2, 0.25) is 10.0 Å². The van der Waals surface area contributed by atoms with Crippen molar-refractivity contribution in [1.29, 1.82) is 0 Å². The number of ether oxygens (including phenoxy) is 1. The molecule has 1 aliphatic heterocycles. The number of carbonyl (C=O) groups is 1. The molecule has 1 saturated heterocycles. The zero-order valence-corrected chi connectivity index (χ0v) is 15.8. The highest BCUT2D eigenvalue weighted by atomic mass is 32.2. The fourth-order valence-corrected chi connectivity index (χ4v) is 4.15. The molecular weight excluding hydrogens is 392 g/mol. The Hall–Kier alpha value is -2.56. The largest absolute Gasteiger partial charge is 0.496 e. The predicted octanol–water partition coefficient (Wildman–Crippen LogP) is 1.87. The molecule has 0 saturated carbocycles. The summed E-state index contributed by atoms with van der Waals surface area (Å²) in [6, 6.07) is 6.28. The van der Waals surface area contributed by atoms with Crippen LogP contribution in [0.4, 0.5) is 14.5 Å². The Morgan fingerprint density at radius 1 is 1.21 bits per heavy atom. The number of nitrogens with one attached hydrogen (secondary N) is 3. The summed E-state index contributed by atoms with van der Waals surface area (Å²) in [5.41, 5.74) is -0.337. The van der Waals surface area contributed by atoms with Crippen molar-refractivity contribution in [3.05, 3.63) is 53.6 Å². The average Bonchev–Trinajstić information content (AvgIpc) is 3.15. The number of hydrogen-bond donors (Lipinski definition) is 3. The molecule has 28 heavy (non-hydrogen) atoms. The van der Waals surface area contributed by atoms with Gasteiger partial charge in [0.05, 0.1) is 23.3 Å². The molecule has 1 fully saturated rings. The lowest BCUT2D eigenvalue weighted by atomic mass is 10.1. The highest BCUT2D eigenvalue weighted by Crippen LogP contribution is 2.25. The van der Waals surface area contributed by atoms with Gasteiger partial charge in [-0.05, 0) is 43.3 Å². The molecule has 1 atom stereocenters. The van der Waals surface area contributed by atoms with Crippen LogP contribution in [-0.4, -0.2) is 40.6 Å². The lowest BCUT2D eigenvalue weighted by Crippen LogP contribution is -2.36. The topological polar surface area (TPSA) is 96.5 Å². The van der Waals surface area contributed by atoms with E-state index >= 15 is 0 Å². The van der Waals surface area contributed by atoms with Crippen LogP contribution in [0, 0.1) is 11.6 Å². The number of anilines is 1. The summed E-state index contributed by atoms with van der Waals surface area (Å²) in [6.45, 7) is 1.24. The van der Waals surface area contributed by atoms with Crippen molar-refractivity contribution in [1.82, 2.24) is 10.0 Å². The lowest BCUT2D eigenvalue weighted by molar-refractivity contribution is 0.102. The van der Waals surface area contributed by atoms with Crippen LogP contribution in [0.5, 0.6) is 5.75 Å². The first-order valence-electron chi connectivity index (χ1n) is 8.47. The number of carbonyl (C=O) groups excluding carboxylic acids is 1. The Bertz CT molecular complexity index is 992. The first-order chi connectivity index (χ1) is 13.3. The second-order valence-electron chi connectivity index (χ2n) is 6.25. The molecule has 1 aliphatic rings. The van der Waals surface area contributed by atoms with Crippen molar-refractivity contribution < 1.29 is 26.7 Å². The molecule has 1 amide bonds. The molecule has 3 N–H and O–H groups in total. The fraction of sp³-hybridized carbons (Fsp3) is 0.278. The second-order valence-corrected chi connectivity index (χ2v) is 7.97. The van der Waals surface area contributed by atoms with Crippen LogP contribution >= 0.6 is 0 Å². The van der Waals surface area contributed by atoms with Crippen molar-refractivity contribution in [2.45, 2.75) is 17.4 Å². The third-order valence-electron chi connectivity index (χ3n) is 4.29. The van der Waals surface area contributed by atoms with E-state index in [0.29, 0.717) is 25.6 Å². The summed E-state index contributed by atoms with van der Waals surface area (Å²) in [5, 5.41) is 5.35. The third-order valence-corrected chi connectivity index (χ3v) is 5.81. The molecule has 0 unspecified atom stereocenters. The Labute approximate surface area is 161 Å². The van der Waals surface area contributed by atoms with Crippen LogP contribution in [0.1, 0.15) is 16.8 Å². The number of halogens is 2. The van der Waals surface area contributed by atoms with Gasteiger partial charge < -0.3 is 15.4 Å². The Kier molecular flexibility index (Phi) is 5.92. The predicted molar refractivity (Wildman–Crippen MR) is 98.9 cm³/mol. The van der Waals surface area contributed by atoms with Crippen LogP contribution in [-0.2, 0) is 10.0 Å². The van der Waals surface area contributed by atoms with Crippen molar-refractivity contribution in [2.24, 2.45) is 0 Å². The normalized spacial score (nSPS) is 16.8. The van der Waals surface area contributed by atoms with Crippen LogP contribution in [0.25, 0.3) is 0 Å². The summed E-state index contributed by atoms with van der Waals surface area (Å²) in [4.78, 5) is 12.5. The number of amides is 1. The fourth-order valence-electron chi connectivity index (χ4n) is 2.85. The molecule has 7 nitrogen and oxygen atoms in total. The molecule has 150 valence electrons. The maximum Gasteiger partial charge on any atom is 0.259 e. The first-order valence-corrected chi connectivity index (χ1v) is 9.96. The molecular formula is C18H19F2N3O4S. The van der Waals surface area contributed by atoms with Gasteiger partial charge >= 0.3 is 0 Å². The number of benzene rings is 2. The maximum atomic E-state index is 13.8. The van der Waals surface area contributed by atoms with Gasteiger partial charge in [0.1, 0.15) is 17.4 Å². The van der Waals surface area contributed by atoms with E-state index in [1.165, 1.54) is 19.2 Å². The highest BCUT2D eigenvalue weighted by Gasteiger charge is 2.25. The van der Waals surface area contributed by atoms with Crippen molar-refractivity contribution >= 4 is 21.6 Å². The summed E-state index contributed by atoms with van der Waals surface area (Å²) in [5.74, 6) is -2.41. The van der Waals surface area contributed by atoms with E-state index in [-0.39, 0.29) is 27.9 Å². The summed E-state index contributed by atoms with van der Waals surface area (Å²) < 4.78 is 59.7. The van der Waals surface area contributed by atoms with E-state index < -0.39 is 27.6 Å². The monoisotopic (exact) mass is 411 g/mol. The molecule has 0 spiro atoms. The van der Waals surface area contributed by atoms with Gasteiger partial charge in [0.25, 0.3) is 5.91 Å². The Balaban J connectivity index is 1.88. The molecule has 3 rings (SSSR count). The lowest BCUT2D eigenvalue weighted by Gasteiger charge is -2.15. The smallest absolute Gasteiger partial charge is 0.259 e. The molecule has 2 aromatic carbocycles. The van der Waals surface area contributed by atoms with Crippen molar-refractivity contribution in [3.8, 4) is 5.75 Å². The van der Waals surface area contributed by atoms with Crippen molar-refractivity contribution in [2.75, 3.05) is 25.5 Å². The van der Waals surface area contributed by atoms with Gasteiger partial charge in [0, 0.05) is 18.7 Å². The van der Waals surface area contributed by atoms with Gasteiger partial charge in [-0.1, -0.05) is 0 Å². The summed E-state index contributed by atoms with van der Waals surface area (Å²) >= 11 is 0. The summed E-state index contributed by atoms with van der Waals surface area (Å²) in [7, 11) is -2.54. The zero-order chi connectivity index (χ0) is 20.3. The molecule has 0 aromatic heterocycles. The Morgan fingerprint density at radius 3 is 2.64 bits per heavy atom. The third kappa shape index (κ3) is 4.46. The van der Waals surface area contributed by atoms with Crippen LogP contribution in [0.15, 0.2) is 41.3 Å².